The monoisotopic (exact) mass is 412 g/mol. The number of hydrogen-bond donors (Lipinski definition) is 2. The first-order chi connectivity index (χ1) is 14.2. The summed E-state index contributed by atoms with van der Waals surface area (Å²) < 4.78 is 0. The molecule has 1 aliphatic carbocycles. The molecule has 0 spiro atoms. The first kappa shape index (κ1) is 21.4. The number of carbonyl (C=O) groups excluding carboxylic acids is 1. The Morgan fingerprint density at radius 1 is 1.20 bits per heavy atom. The number of carboxylic acid groups (broad SMARTS) is 1. The molecule has 2 aliphatic heterocycles. The molecule has 2 saturated heterocycles. The minimum absolute atomic E-state index is 0.0105. The molecule has 5 nitrogen and oxygen atoms in total. The fourth-order valence-corrected chi connectivity index (χ4v) is 5.88. The molecule has 0 aromatic heterocycles. The number of fused-ring (bicyclic) bond motifs is 1. The van der Waals surface area contributed by atoms with Crippen LogP contribution in [0.25, 0.3) is 0 Å². The largest absolute Gasteiger partial charge is 0.465 e. The summed E-state index contributed by atoms with van der Waals surface area (Å²) in [5.74, 6) is 1.51. The summed E-state index contributed by atoms with van der Waals surface area (Å²) in [7, 11) is 0. The lowest BCUT2D eigenvalue weighted by Gasteiger charge is -2.44. The highest BCUT2D eigenvalue weighted by molar-refractivity contribution is 6.02. The Kier molecular flexibility index (Phi) is 5.93. The van der Waals surface area contributed by atoms with E-state index in [0.717, 1.165) is 44.3 Å². The Balaban J connectivity index is 1.48. The van der Waals surface area contributed by atoms with E-state index < -0.39 is 6.09 Å². The van der Waals surface area contributed by atoms with E-state index in [9.17, 15) is 14.7 Å². The number of benzene rings is 1. The minimum atomic E-state index is -0.811. The van der Waals surface area contributed by atoms with Crippen molar-refractivity contribution in [1.29, 1.82) is 0 Å². The van der Waals surface area contributed by atoms with Crippen LogP contribution in [0, 0.1) is 17.3 Å². The van der Waals surface area contributed by atoms with E-state index in [1.54, 1.807) is 4.90 Å². The van der Waals surface area contributed by atoms with Crippen LogP contribution in [0.5, 0.6) is 0 Å². The average Bonchev–Trinajstić information content (AvgIpc) is 3.02. The van der Waals surface area contributed by atoms with Gasteiger partial charge >= 0.3 is 6.09 Å². The van der Waals surface area contributed by atoms with Gasteiger partial charge in [-0.15, -0.1) is 0 Å². The molecule has 0 saturated carbocycles. The topological polar surface area (TPSA) is 69.6 Å². The van der Waals surface area contributed by atoms with Crippen LogP contribution in [-0.2, 0) is 6.42 Å². The van der Waals surface area contributed by atoms with Crippen molar-refractivity contribution in [3.8, 4) is 0 Å². The third kappa shape index (κ3) is 4.27. The van der Waals surface area contributed by atoms with E-state index in [0.29, 0.717) is 24.2 Å². The molecule has 5 heteroatoms. The molecule has 164 valence electrons. The van der Waals surface area contributed by atoms with Crippen LogP contribution < -0.4 is 5.32 Å². The maximum Gasteiger partial charge on any atom is 0.407 e. The lowest BCUT2D eigenvalue weighted by atomic mass is 9.75. The highest BCUT2D eigenvalue weighted by Gasteiger charge is 2.40. The van der Waals surface area contributed by atoms with Crippen molar-refractivity contribution in [3.05, 3.63) is 34.9 Å². The lowest BCUT2D eigenvalue weighted by molar-refractivity contribution is 0.0525. The molecule has 2 fully saturated rings. The summed E-state index contributed by atoms with van der Waals surface area (Å²) in [5.41, 5.74) is 3.32. The van der Waals surface area contributed by atoms with Crippen molar-refractivity contribution in [3.63, 3.8) is 0 Å². The number of amides is 1. The van der Waals surface area contributed by atoms with Crippen molar-refractivity contribution < 1.29 is 14.7 Å². The molecular weight excluding hydrogens is 376 g/mol. The summed E-state index contributed by atoms with van der Waals surface area (Å²) in [5, 5.41) is 13.0. The number of hydrogen-bond acceptors (Lipinski definition) is 3. The maximum atomic E-state index is 13.0. The van der Waals surface area contributed by atoms with Crippen molar-refractivity contribution in [2.45, 2.75) is 71.3 Å². The molecule has 4 rings (SSSR count). The molecule has 1 amide bonds. The summed E-state index contributed by atoms with van der Waals surface area (Å²) in [6.07, 6.45) is 5.15. The Morgan fingerprint density at radius 2 is 1.93 bits per heavy atom. The number of ketones is 1. The Labute approximate surface area is 180 Å². The van der Waals surface area contributed by atoms with E-state index in [2.05, 4.69) is 38.2 Å². The number of Topliss-reactive ketones (excluding diaryl/α,β-unsaturated/α-hetero) is 1. The van der Waals surface area contributed by atoms with Crippen molar-refractivity contribution in [2.75, 3.05) is 19.6 Å². The van der Waals surface area contributed by atoms with E-state index in [-0.39, 0.29) is 17.4 Å². The van der Waals surface area contributed by atoms with Gasteiger partial charge in [0.2, 0.25) is 0 Å². The lowest BCUT2D eigenvalue weighted by Crippen LogP contribution is -2.51. The molecule has 30 heavy (non-hydrogen) atoms. The van der Waals surface area contributed by atoms with Gasteiger partial charge in [0.1, 0.15) is 0 Å². The normalized spacial score (nSPS) is 27.9. The van der Waals surface area contributed by atoms with Gasteiger partial charge in [-0.05, 0) is 80.0 Å². The molecule has 3 atom stereocenters. The number of nitrogens with one attached hydrogen (secondary N) is 1. The zero-order valence-corrected chi connectivity index (χ0v) is 18.6. The zero-order valence-electron chi connectivity index (χ0n) is 18.6. The van der Waals surface area contributed by atoms with Crippen LogP contribution in [-0.4, -0.2) is 47.6 Å². The SMILES string of the molecule is CC(C)(C)C1CC(c2ccc3c(c2)CC(CC2CCNCC2)C3=O)CCN1C(=O)O. The van der Waals surface area contributed by atoms with Gasteiger partial charge < -0.3 is 15.3 Å². The third-order valence-corrected chi connectivity index (χ3v) is 7.63. The molecule has 0 radical (unpaired) electrons. The summed E-state index contributed by atoms with van der Waals surface area (Å²) >= 11 is 0. The number of carbonyl (C=O) groups is 2. The first-order valence-electron chi connectivity index (χ1n) is 11.6. The predicted octanol–water partition coefficient (Wildman–Crippen LogP) is 4.70. The molecule has 1 aromatic rings. The van der Waals surface area contributed by atoms with Crippen molar-refractivity contribution in [1.82, 2.24) is 10.2 Å². The zero-order chi connectivity index (χ0) is 21.5. The molecule has 3 aliphatic rings. The summed E-state index contributed by atoms with van der Waals surface area (Å²) in [6, 6.07) is 6.45. The quantitative estimate of drug-likeness (QED) is 0.755. The van der Waals surface area contributed by atoms with Crippen LogP contribution in [0.3, 0.4) is 0 Å². The number of piperidine rings is 2. The van der Waals surface area contributed by atoms with Gasteiger partial charge in [-0.2, -0.15) is 0 Å². The van der Waals surface area contributed by atoms with Gasteiger partial charge in [-0.1, -0.05) is 39.0 Å². The minimum Gasteiger partial charge on any atom is -0.465 e. The Morgan fingerprint density at radius 3 is 2.60 bits per heavy atom. The second-order valence-corrected chi connectivity index (χ2v) is 10.7. The smallest absolute Gasteiger partial charge is 0.407 e. The molecule has 3 unspecified atom stereocenters. The Bertz CT molecular complexity index is 807. The van der Waals surface area contributed by atoms with Crippen LogP contribution >= 0.6 is 0 Å². The first-order valence-corrected chi connectivity index (χ1v) is 11.6. The average molecular weight is 413 g/mol. The van der Waals surface area contributed by atoms with Crippen LogP contribution in [0.2, 0.25) is 0 Å². The van der Waals surface area contributed by atoms with Crippen LogP contribution in [0.1, 0.15) is 80.3 Å². The fraction of sp³-hybridized carbons (Fsp3) is 0.680. The fourth-order valence-electron chi connectivity index (χ4n) is 5.88. The van der Waals surface area contributed by atoms with Crippen LogP contribution in [0.4, 0.5) is 4.79 Å². The van der Waals surface area contributed by atoms with Crippen molar-refractivity contribution in [2.24, 2.45) is 17.3 Å². The highest BCUT2D eigenvalue weighted by Crippen LogP contribution is 2.41. The molecule has 1 aromatic carbocycles. The predicted molar refractivity (Wildman–Crippen MR) is 118 cm³/mol. The number of rotatable bonds is 3. The third-order valence-electron chi connectivity index (χ3n) is 7.63. The van der Waals surface area contributed by atoms with Gasteiger partial charge in [0.25, 0.3) is 0 Å². The van der Waals surface area contributed by atoms with Crippen LogP contribution in [0.15, 0.2) is 18.2 Å². The van der Waals surface area contributed by atoms with E-state index >= 15 is 0 Å². The second kappa shape index (κ2) is 8.33. The van der Waals surface area contributed by atoms with E-state index in [1.807, 2.05) is 6.07 Å². The standard InChI is InChI=1S/C25H36N2O3/c1-25(2,3)22-15-18(8-11-27(22)24(29)30)17-4-5-21-19(13-17)14-20(23(21)28)12-16-6-9-26-10-7-16/h4-5,13,16,18,20,22,26H,6-12,14-15H2,1-3H3,(H,29,30). The van der Waals surface area contributed by atoms with E-state index in [4.69, 9.17) is 0 Å². The van der Waals surface area contributed by atoms with Gasteiger partial charge in [0.15, 0.2) is 5.78 Å². The van der Waals surface area contributed by atoms with Gasteiger partial charge in [0.05, 0.1) is 0 Å². The van der Waals surface area contributed by atoms with Gasteiger partial charge in [-0.25, -0.2) is 4.79 Å². The highest BCUT2D eigenvalue weighted by atomic mass is 16.4. The van der Waals surface area contributed by atoms with E-state index in [1.165, 1.54) is 24.0 Å². The van der Waals surface area contributed by atoms with Gasteiger partial charge in [0, 0.05) is 24.1 Å². The molecule has 0 bridgehead atoms. The molecule has 2 heterocycles. The number of likely N-dealkylation sites (tertiary alicyclic amines) is 1. The molecular formula is C25H36N2O3. The summed E-state index contributed by atoms with van der Waals surface area (Å²) in [6.45, 7) is 9.11. The summed E-state index contributed by atoms with van der Waals surface area (Å²) in [4.78, 5) is 26.3. The maximum absolute atomic E-state index is 13.0. The second-order valence-electron chi connectivity index (χ2n) is 10.7. The molecule has 2 N–H and O–H groups in total. The Hall–Kier alpha value is -1.88. The number of nitrogens with zero attached hydrogens (tertiary/aromatic N) is 1. The van der Waals surface area contributed by atoms with Crippen molar-refractivity contribution >= 4 is 11.9 Å². The van der Waals surface area contributed by atoms with Gasteiger partial charge in [-0.3, -0.25) is 4.79 Å².